The maximum Gasteiger partial charge on any atom is 0.134 e. The van der Waals surface area contributed by atoms with Crippen LogP contribution in [0.2, 0.25) is 0 Å². The lowest BCUT2D eigenvalue weighted by Crippen LogP contribution is -2.13. The van der Waals surface area contributed by atoms with Crippen LogP contribution in [0.25, 0.3) is 87.3 Å². The molecule has 0 atom stereocenters. The molecule has 1 aliphatic rings. The normalized spacial score (nSPS) is 13.1. The van der Waals surface area contributed by atoms with Crippen molar-refractivity contribution in [1.82, 2.24) is 0 Å². The van der Waals surface area contributed by atoms with Crippen LogP contribution in [0.4, 0.5) is 5.69 Å². The third kappa shape index (κ3) is 6.67. The number of hydrogen-bond acceptors (Lipinski definition) is 4. The number of hydrogen-bond donors (Lipinski definition) is 0. The van der Waals surface area contributed by atoms with Gasteiger partial charge in [-0.1, -0.05) is 147 Å². The summed E-state index contributed by atoms with van der Waals surface area (Å²) >= 11 is 3.64. The van der Waals surface area contributed by atoms with Gasteiger partial charge in [0, 0.05) is 58.0 Å². The van der Waals surface area contributed by atoms with Gasteiger partial charge in [-0.25, -0.2) is 0 Å². The molecular formula is C54H39NOS2. The molecule has 0 radical (unpaired) electrons. The lowest BCUT2D eigenvalue weighted by Gasteiger charge is -2.23. The van der Waals surface area contributed by atoms with Crippen LogP contribution in [-0.4, -0.2) is 0 Å². The zero-order chi connectivity index (χ0) is 39.0. The van der Waals surface area contributed by atoms with E-state index in [-0.39, 0.29) is 0 Å². The molecule has 2 nitrogen and oxygen atoms in total. The SMILES string of the molecule is C=Cc1sc2cc(-c3ccccc3)ccc2c1/C=C/N(C(=C)/C=C\c1cc2ccccc2o1)c1ccc(C2=CCCC=C2)c2sc3cc(-c4ccccc4)ccc3c12. The predicted octanol–water partition coefficient (Wildman–Crippen LogP) is 16.4. The Kier molecular flexibility index (Phi) is 9.42. The van der Waals surface area contributed by atoms with E-state index in [0.717, 1.165) is 51.4 Å². The van der Waals surface area contributed by atoms with Crippen molar-refractivity contribution >= 4 is 93.4 Å². The number of thiophene rings is 2. The van der Waals surface area contributed by atoms with Gasteiger partial charge >= 0.3 is 0 Å². The summed E-state index contributed by atoms with van der Waals surface area (Å²) in [5.74, 6) is 0.782. The summed E-state index contributed by atoms with van der Waals surface area (Å²) in [6.07, 6.45) is 19.5. The Morgan fingerprint density at radius 1 is 0.672 bits per heavy atom. The van der Waals surface area contributed by atoms with Gasteiger partial charge in [0.05, 0.1) is 5.69 Å². The van der Waals surface area contributed by atoms with Crippen molar-refractivity contribution in [3.05, 3.63) is 211 Å². The van der Waals surface area contributed by atoms with Crippen LogP contribution < -0.4 is 4.90 Å². The molecule has 0 spiro atoms. The Morgan fingerprint density at radius 2 is 1.38 bits per heavy atom. The molecule has 0 saturated heterocycles. The monoisotopic (exact) mass is 781 g/mol. The molecule has 10 rings (SSSR count). The summed E-state index contributed by atoms with van der Waals surface area (Å²) in [7, 11) is 0. The molecule has 0 saturated carbocycles. The van der Waals surface area contributed by atoms with E-state index in [1.165, 1.54) is 63.6 Å². The number of allylic oxidation sites excluding steroid dienone is 5. The van der Waals surface area contributed by atoms with E-state index >= 15 is 0 Å². The van der Waals surface area contributed by atoms with Crippen molar-refractivity contribution in [2.45, 2.75) is 12.8 Å². The van der Waals surface area contributed by atoms with Gasteiger partial charge in [-0.15, -0.1) is 22.7 Å². The van der Waals surface area contributed by atoms with Crippen molar-refractivity contribution < 1.29 is 4.42 Å². The van der Waals surface area contributed by atoms with E-state index in [0.29, 0.717) is 0 Å². The van der Waals surface area contributed by atoms with Gasteiger partial charge in [0.1, 0.15) is 11.3 Å². The highest BCUT2D eigenvalue weighted by Gasteiger charge is 2.20. The largest absolute Gasteiger partial charge is 0.457 e. The van der Waals surface area contributed by atoms with Crippen LogP contribution in [0.5, 0.6) is 0 Å². The first-order chi connectivity index (χ1) is 28.6. The molecule has 0 unspecified atom stereocenters. The van der Waals surface area contributed by atoms with E-state index in [2.05, 4.69) is 169 Å². The zero-order valence-electron chi connectivity index (χ0n) is 31.9. The third-order valence-electron chi connectivity index (χ3n) is 10.9. The number of nitrogens with zero attached hydrogens (tertiary/aromatic N) is 1. The topological polar surface area (TPSA) is 16.4 Å². The Morgan fingerprint density at radius 3 is 2.09 bits per heavy atom. The van der Waals surface area contributed by atoms with Crippen molar-refractivity contribution in [2.75, 3.05) is 4.90 Å². The first-order valence-corrected chi connectivity index (χ1v) is 21.2. The van der Waals surface area contributed by atoms with E-state index < -0.39 is 0 Å². The lowest BCUT2D eigenvalue weighted by molar-refractivity contribution is 0.604. The molecule has 0 aliphatic heterocycles. The Balaban J connectivity index is 1.14. The van der Waals surface area contributed by atoms with Gasteiger partial charge in [0.2, 0.25) is 0 Å². The summed E-state index contributed by atoms with van der Waals surface area (Å²) in [5, 5.41) is 4.71. The van der Waals surface area contributed by atoms with Gasteiger partial charge in [0.25, 0.3) is 0 Å². The molecule has 4 heteroatoms. The fourth-order valence-electron chi connectivity index (χ4n) is 8.01. The molecule has 6 aromatic carbocycles. The Labute approximate surface area is 346 Å². The van der Waals surface area contributed by atoms with E-state index in [1.54, 1.807) is 11.3 Å². The maximum atomic E-state index is 6.20. The van der Waals surface area contributed by atoms with Gasteiger partial charge in [0.15, 0.2) is 0 Å². The molecule has 9 aromatic rings. The van der Waals surface area contributed by atoms with Gasteiger partial charge in [-0.3, -0.25) is 0 Å². The summed E-state index contributed by atoms with van der Waals surface area (Å²) in [4.78, 5) is 3.37. The predicted molar refractivity (Wildman–Crippen MR) is 254 cm³/mol. The van der Waals surface area contributed by atoms with E-state index in [4.69, 9.17) is 11.0 Å². The molecule has 0 bridgehead atoms. The van der Waals surface area contributed by atoms with Gasteiger partial charge in [-0.2, -0.15) is 0 Å². The number of fused-ring (bicyclic) bond motifs is 5. The fourth-order valence-corrected chi connectivity index (χ4v) is 10.4. The lowest BCUT2D eigenvalue weighted by atomic mass is 9.96. The molecule has 3 heterocycles. The number of benzene rings is 6. The molecule has 0 fully saturated rings. The van der Waals surface area contributed by atoms with Crippen LogP contribution in [0, 0.1) is 0 Å². The average Bonchev–Trinajstić information content (AvgIpc) is 3.99. The second-order valence-electron chi connectivity index (χ2n) is 14.5. The number of anilines is 1. The average molecular weight is 782 g/mol. The van der Waals surface area contributed by atoms with Crippen LogP contribution in [0.15, 0.2) is 193 Å². The zero-order valence-corrected chi connectivity index (χ0v) is 33.5. The number of rotatable bonds is 10. The minimum atomic E-state index is 0.782. The van der Waals surface area contributed by atoms with Crippen molar-refractivity contribution in [3.8, 4) is 22.3 Å². The van der Waals surface area contributed by atoms with Gasteiger partial charge < -0.3 is 9.32 Å². The van der Waals surface area contributed by atoms with Crippen LogP contribution in [0.1, 0.15) is 34.6 Å². The van der Waals surface area contributed by atoms with Crippen LogP contribution >= 0.6 is 22.7 Å². The molecule has 58 heavy (non-hydrogen) atoms. The Hall–Kier alpha value is -6.72. The van der Waals surface area contributed by atoms with E-state index in [9.17, 15) is 0 Å². The molecule has 3 aromatic heterocycles. The second kappa shape index (κ2) is 15.3. The van der Waals surface area contributed by atoms with Gasteiger partial charge in [-0.05, 0) is 94.8 Å². The molecule has 0 amide bonds. The summed E-state index contributed by atoms with van der Waals surface area (Å²) in [5.41, 5.74) is 11.3. The molecule has 1 aliphatic carbocycles. The fraction of sp³-hybridized carbons (Fsp3) is 0.0370. The minimum Gasteiger partial charge on any atom is -0.457 e. The standard InChI is InChI=1S/C54H39NOS2/c1-3-50-46(45-27-24-40(34-51(45)57-50)37-15-7-4-8-16-37)31-32-55(36(2)23-26-43-33-42-21-13-14-22-49(42)56-43)48-30-29-44(39-19-11-6-12-20-39)54-53(48)47-28-25-41(35-52(47)58-54)38-17-9-5-10-18-38/h3-5,7-11,13-35H,1-2,6,12H2/b26-23-,32-31+. The molecule has 278 valence electrons. The van der Waals surface area contributed by atoms with Crippen molar-refractivity contribution in [1.29, 1.82) is 0 Å². The Bertz CT molecular complexity index is 3120. The third-order valence-corrected chi connectivity index (χ3v) is 13.3. The minimum absolute atomic E-state index is 0.782. The second-order valence-corrected chi connectivity index (χ2v) is 16.6. The molecule has 0 N–H and O–H groups in total. The first-order valence-electron chi connectivity index (χ1n) is 19.6. The highest BCUT2D eigenvalue weighted by Crippen LogP contribution is 2.46. The molecular weight excluding hydrogens is 743 g/mol. The highest BCUT2D eigenvalue weighted by molar-refractivity contribution is 7.26. The number of para-hydroxylation sites is 1. The van der Waals surface area contributed by atoms with E-state index in [1.807, 2.05) is 41.7 Å². The highest BCUT2D eigenvalue weighted by atomic mass is 32.1. The summed E-state index contributed by atoms with van der Waals surface area (Å²) in [6, 6.07) is 49.6. The maximum absolute atomic E-state index is 6.20. The quantitative estimate of drug-likeness (QED) is 0.129. The van der Waals surface area contributed by atoms with Crippen LogP contribution in [-0.2, 0) is 0 Å². The smallest absolute Gasteiger partial charge is 0.134 e. The first kappa shape index (κ1) is 35.7. The van der Waals surface area contributed by atoms with Crippen molar-refractivity contribution in [2.24, 2.45) is 0 Å². The summed E-state index contributed by atoms with van der Waals surface area (Å²) in [6.45, 7) is 8.93. The van der Waals surface area contributed by atoms with Crippen LogP contribution in [0.3, 0.4) is 0 Å². The van der Waals surface area contributed by atoms with Crippen molar-refractivity contribution in [3.63, 3.8) is 0 Å². The summed E-state index contributed by atoms with van der Waals surface area (Å²) < 4.78 is 9.95. The number of furan rings is 1.